The lowest BCUT2D eigenvalue weighted by molar-refractivity contribution is -0.121. The van der Waals surface area contributed by atoms with Gasteiger partial charge in [-0.25, -0.2) is 26.9 Å². The van der Waals surface area contributed by atoms with Gasteiger partial charge in [0.1, 0.15) is 12.4 Å². The van der Waals surface area contributed by atoms with Gasteiger partial charge >= 0.3 is 0 Å². The van der Waals surface area contributed by atoms with Crippen molar-refractivity contribution < 1.29 is 31.5 Å². The third-order valence-electron chi connectivity index (χ3n) is 5.46. The van der Waals surface area contributed by atoms with Crippen LogP contribution in [0.2, 0.25) is 0 Å². The average molecular weight is 477 g/mol. The number of benzene rings is 1. The minimum absolute atomic E-state index is 0.0222. The standard InChI is InChI=1S/C22H21F2N3O5S/c1-13-6-7-14-16(26-13)4-3-5-18(14)33(29,30)27-21(28)22(8-9-22)15-10-20(31-2)25-11-17(15)32-12-19(23)24/h3-7,10-11,19H,8-9,12H2,1-2H3,(H,27,28). The number of nitrogens with zero attached hydrogens (tertiary/aromatic N) is 2. The molecule has 2 heterocycles. The number of aryl methyl sites for hydroxylation is 1. The predicted octanol–water partition coefficient (Wildman–Crippen LogP) is 3.13. The molecule has 1 aromatic carbocycles. The Morgan fingerprint density at radius 1 is 1.24 bits per heavy atom. The number of rotatable bonds is 8. The van der Waals surface area contributed by atoms with Gasteiger partial charge < -0.3 is 9.47 Å². The van der Waals surface area contributed by atoms with E-state index in [1.165, 1.54) is 25.4 Å². The maximum absolute atomic E-state index is 13.2. The van der Waals surface area contributed by atoms with Gasteiger partial charge in [-0.2, -0.15) is 0 Å². The van der Waals surface area contributed by atoms with Gasteiger partial charge in [-0.1, -0.05) is 6.07 Å². The Hall–Kier alpha value is -3.34. The first kappa shape index (κ1) is 22.8. The normalized spacial score (nSPS) is 14.8. The second-order valence-corrected chi connectivity index (χ2v) is 9.37. The van der Waals surface area contributed by atoms with Crippen LogP contribution in [0.5, 0.6) is 11.6 Å². The SMILES string of the molecule is COc1cc(C2(C(=O)NS(=O)(=O)c3cccc4nc(C)ccc34)CC2)c(OCC(F)F)cn1. The van der Waals surface area contributed by atoms with Crippen molar-refractivity contribution in [1.82, 2.24) is 14.7 Å². The fraction of sp³-hybridized carbons (Fsp3) is 0.318. The Bertz CT molecular complexity index is 1330. The number of carbonyl (C=O) groups is 1. The molecular weight excluding hydrogens is 456 g/mol. The minimum Gasteiger partial charge on any atom is -0.486 e. The van der Waals surface area contributed by atoms with Crippen molar-refractivity contribution in [3.63, 3.8) is 0 Å². The van der Waals surface area contributed by atoms with Crippen LogP contribution in [-0.4, -0.2) is 44.4 Å². The summed E-state index contributed by atoms with van der Waals surface area (Å²) in [5, 5.41) is 0.375. The van der Waals surface area contributed by atoms with E-state index in [4.69, 9.17) is 9.47 Å². The lowest BCUT2D eigenvalue weighted by atomic mass is 9.95. The summed E-state index contributed by atoms with van der Waals surface area (Å²) in [6.45, 7) is 0.898. The van der Waals surface area contributed by atoms with Crippen LogP contribution in [-0.2, 0) is 20.2 Å². The Morgan fingerprint density at radius 3 is 2.67 bits per heavy atom. The zero-order valence-corrected chi connectivity index (χ0v) is 18.7. The Labute approximate surface area is 189 Å². The molecule has 8 nitrogen and oxygen atoms in total. The van der Waals surface area contributed by atoms with E-state index < -0.39 is 34.4 Å². The summed E-state index contributed by atoms with van der Waals surface area (Å²) in [7, 11) is -2.88. The number of carbonyl (C=O) groups excluding carboxylic acids is 1. The van der Waals surface area contributed by atoms with Crippen LogP contribution >= 0.6 is 0 Å². The number of hydrogen-bond donors (Lipinski definition) is 1. The van der Waals surface area contributed by atoms with Crippen molar-refractivity contribution in [3.05, 3.63) is 53.9 Å². The van der Waals surface area contributed by atoms with Crippen molar-refractivity contribution in [2.75, 3.05) is 13.7 Å². The summed E-state index contributed by atoms with van der Waals surface area (Å²) in [6, 6.07) is 9.34. The van der Waals surface area contributed by atoms with E-state index in [2.05, 4.69) is 14.7 Å². The van der Waals surface area contributed by atoms with Gasteiger partial charge in [0, 0.05) is 22.7 Å². The number of nitrogens with one attached hydrogen (secondary N) is 1. The maximum Gasteiger partial charge on any atom is 0.272 e. The van der Waals surface area contributed by atoms with Crippen LogP contribution < -0.4 is 14.2 Å². The highest BCUT2D eigenvalue weighted by Crippen LogP contribution is 2.52. The zero-order chi connectivity index (χ0) is 23.8. The molecule has 0 spiro atoms. The smallest absolute Gasteiger partial charge is 0.272 e. The Kier molecular flexibility index (Phi) is 5.91. The third-order valence-corrected chi connectivity index (χ3v) is 6.85. The van der Waals surface area contributed by atoms with E-state index in [9.17, 15) is 22.0 Å². The molecule has 1 aliphatic rings. The number of alkyl halides is 2. The van der Waals surface area contributed by atoms with E-state index >= 15 is 0 Å². The van der Waals surface area contributed by atoms with E-state index in [0.717, 1.165) is 5.69 Å². The molecule has 0 aliphatic heterocycles. The van der Waals surface area contributed by atoms with E-state index in [-0.39, 0.29) is 22.1 Å². The molecule has 0 atom stereocenters. The molecule has 33 heavy (non-hydrogen) atoms. The average Bonchev–Trinajstić information content (AvgIpc) is 3.58. The first-order valence-electron chi connectivity index (χ1n) is 10.1. The van der Waals surface area contributed by atoms with Crippen LogP contribution in [0.25, 0.3) is 10.9 Å². The van der Waals surface area contributed by atoms with Gasteiger partial charge in [-0.05, 0) is 44.0 Å². The second-order valence-electron chi connectivity index (χ2n) is 7.72. The first-order valence-corrected chi connectivity index (χ1v) is 11.5. The molecule has 0 radical (unpaired) electrons. The molecule has 174 valence electrons. The van der Waals surface area contributed by atoms with E-state index in [1.807, 2.05) is 0 Å². The van der Waals surface area contributed by atoms with Gasteiger partial charge in [-0.15, -0.1) is 0 Å². The molecule has 0 saturated heterocycles. The predicted molar refractivity (Wildman–Crippen MR) is 115 cm³/mol. The number of methoxy groups -OCH3 is 1. The van der Waals surface area contributed by atoms with Crippen LogP contribution in [0.4, 0.5) is 8.78 Å². The number of hydrogen-bond acceptors (Lipinski definition) is 7. The van der Waals surface area contributed by atoms with Crippen LogP contribution in [0.3, 0.4) is 0 Å². The highest BCUT2D eigenvalue weighted by molar-refractivity contribution is 7.90. The van der Waals surface area contributed by atoms with Crippen LogP contribution in [0.1, 0.15) is 24.1 Å². The monoisotopic (exact) mass is 477 g/mol. The molecule has 4 rings (SSSR count). The first-order chi connectivity index (χ1) is 15.7. The van der Waals surface area contributed by atoms with Crippen molar-refractivity contribution in [1.29, 1.82) is 0 Å². The maximum atomic E-state index is 13.2. The minimum atomic E-state index is -4.25. The molecule has 1 amide bonds. The molecule has 0 bridgehead atoms. The number of sulfonamides is 1. The Morgan fingerprint density at radius 2 is 2.00 bits per heavy atom. The summed E-state index contributed by atoms with van der Waals surface area (Å²) >= 11 is 0. The number of fused-ring (bicyclic) bond motifs is 1. The van der Waals surface area contributed by atoms with Crippen molar-refractivity contribution in [2.45, 2.75) is 36.5 Å². The molecule has 1 N–H and O–H groups in total. The summed E-state index contributed by atoms with van der Waals surface area (Å²) in [6.07, 6.45) is -0.920. The molecule has 1 fully saturated rings. The van der Waals surface area contributed by atoms with Gasteiger partial charge in [0.25, 0.3) is 16.4 Å². The molecule has 3 aromatic rings. The summed E-state index contributed by atoms with van der Waals surface area (Å²) in [5.74, 6) is -0.660. The number of amides is 1. The highest BCUT2D eigenvalue weighted by atomic mass is 32.2. The van der Waals surface area contributed by atoms with Crippen LogP contribution in [0, 0.1) is 6.92 Å². The molecule has 1 aliphatic carbocycles. The number of halogens is 2. The van der Waals surface area contributed by atoms with Gasteiger partial charge in [0.15, 0.2) is 0 Å². The highest BCUT2D eigenvalue weighted by Gasteiger charge is 2.54. The second kappa shape index (κ2) is 8.54. The number of pyridine rings is 2. The molecule has 1 saturated carbocycles. The summed E-state index contributed by atoms with van der Waals surface area (Å²) in [5.41, 5.74) is 0.187. The number of ether oxygens (including phenoxy) is 2. The number of aromatic nitrogens is 2. The lowest BCUT2D eigenvalue weighted by Gasteiger charge is -2.20. The fourth-order valence-electron chi connectivity index (χ4n) is 3.66. The quantitative estimate of drug-likeness (QED) is 0.531. The third kappa shape index (κ3) is 4.45. The fourth-order valence-corrected chi connectivity index (χ4v) is 4.93. The summed E-state index contributed by atoms with van der Waals surface area (Å²) < 4.78 is 64.1. The Balaban J connectivity index is 1.68. The zero-order valence-electron chi connectivity index (χ0n) is 17.8. The van der Waals surface area contributed by atoms with Gasteiger partial charge in [0.2, 0.25) is 11.8 Å². The van der Waals surface area contributed by atoms with E-state index in [1.54, 1.807) is 31.2 Å². The summed E-state index contributed by atoms with van der Waals surface area (Å²) in [4.78, 5) is 21.4. The largest absolute Gasteiger partial charge is 0.486 e. The van der Waals surface area contributed by atoms with Crippen molar-refractivity contribution in [2.24, 2.45) is 0 Å². The van der Waals surface area contributed by atoms with Gasteiger partial charge in [0.05, 0.1) is 29.1 Å². The van der Waals surface area contributed by atoms with Gasteiger partial charge in [-0.3, -0.25) is 9.78 Å². The molecule has 2 aromatic heterocycles. The molecule has 11 heteroatoms. The topological polar surface area (TPSA) is 107 Å². The van der Waals surface area contributed by atoms with Crippen molar-refractivity contribution in [3.8, 4) is 11.6 Å². The molecular formula is C22H21F2N3O5S. The van der Waals surface area contributed by atoms with E-state index in [0.29, 0.717) is 23.7 Å². The molecule has 0 unspecified atom stereocenters. The van der Waals surface area contributed by atoms with Crippen molar-refractivity contribution >= 4 is 26.8 Å². The van der Waals surface area contributed by atoms with Crippen LogP contribution in [0.15, 0.2) is 47.5 Å². The lowest BCUT2D eigenvalue weighted by Crippen LogP contribution is -2.39.